The molecule has 0 saturated heterocycles. The maximum absolute atomic E-state index is 3.21. The highest BCUT2D eigenvalue weighted by molar-refractivity contribution is 5.62. The van der Waals surface area contributed by atoms with Crippen molar-refractivity contribution in [2.24, 2.45) is 0 Å². The van der Waals surface area contributed by atoms with Crippen LogP contribution in [-0.4, -0.2) is 20.6 Å². The summed E-state index contributed by atoms with van der Waals surface area (Å²) in [4.78, 5) is 2.35. The fourth-order valence-corrected chi connectivity index (χ4v) is 2.07. The van der Waals surface area contributed by atoms with Crippen LogP contribution in [-0.2, 0) is 13.0 Å². The molecule has 0 saturated carbocycles. The maximum Gasteiger partial charge on any atom is 0.0442 e. The van der Waals surface area contributed by atoms with Gasteiger partial charge in [0.1, 0.15) is 0 Å². The van der Waals surface area contributed by atoms with Gasteiger partial charge in [0.15, 0.2) is 0 Å². The molecule has 0 fully saturated rings. The summed E-state index contributed by atoms with van der Waals surface area (Å²) in [5.41, 5.74) is 4.35. The van der Waals surface area contributed by atoms with Crippen LogP contribution in [0, 0.1) is 0 Å². The molecular weight excluding hydrogens is 160 g/mol. The van der Waals surface area contributed by atoms with E-state index in [1.165, 1.54) is 23.2 Å². The van der Waals surface area contributed by atoms with Gasteiger partial charge in [0, 0.05) is 25.8 Å². The third-order valence-electron chi connectivity index (χ3n) is 2.67. The molecule has 0 aromatic heterocycles. The van der Waals surface area contributed by atoms with Crippen LogP contribution in [0.1, 0.15) is 11.1 Å². The number of likely N-dealkylation sites (N-methyl/N-ethyl adjacent to an activating group) is 1. The van der Waals surface area contributed by atoms with Crippen molar-refractivity contribution in [3.8, 4) is 0 Å². The van der Waals surface area contributed by atoms with Crippen LogP contribution >= 0.6 is 0 Å². The van der Waals surface area contributed by atoms with E-state index in [9.17, 15) is 0 Å². The molecule has 0 radical (unpaired) electrons. The Morgan fingerprint density at radius 2 is 2.31 bits per heavy atom. The van der Waals surface area contributed by atoms with E-state index in [0.29, 0.717) is 0 Å². The number of nitrogens with zero attached hydrogens (tertiary/aromatic N) is 1. The first-order valence-electron chi connectivity index (χ1n) is 4.79. The van der Waals surface area contributed by atoms with Gasteiger partial charge in [-0.25, -0.2) is 0 Å². The number of benzene rings is 1. The molecule has 1 N–H and O–H groups in total. The lowest BCUT2D eigenvalue weighted by Crippen LogP contribution is -2.16. The van der Waals surface area contributed by atoms with Crippen molar-refractivity contribution in [2.45, 2.75) is 13.0 Å². The molecule has 0 amide bonds. The summed E-state index contributed by atoms with van der Waals surface area (Å²) in [6.07, 6.45) is 1.20. The second-order valence-electron chi connectivity index (χ2n) is 3.63. The van der Waals surface area contributed by atoms with Crippen molar-refractivity contribution in [3.63, 3.8) is 0 Å². The second-order valence-corrected chi connectivity index (χ2v) is 3.63. The van der Waals surface area contributed by atoms with E-state index in [-0.39, 0.29) is 0 Å². The van der Waals surface area contributed by atoms with Gasteiger partial charge in [-0.1, -0.05) is 18.2 Å². The first-order chi connectivity index (χ1) is 6.33. The summed E-state index contributed by atoms with van der Waals surface area (Å²) in [6.45, 7) is 2.13. The third kappa shape index (κ3) is 1.42. The Morgan fingerprint density at radius 1 is 1.46 bits per heavy atom. The number of hydrogen-bond donors (Lipinski definition) is 1. The van der Waals surface area contributed by atoms with Crippen molar-refractivity contribution < 1.29 is 0 Å². The van der Waals surface area contributed by atoms with Crippen LogP contribution in [0.2, 0.25) is 0 Å². The number of nitrogens with one attached hydrogen (secondary N) is 1. The highest BCUT2D eigenvalue weighted by atomic mass is 15.1. The van der Waals surface area contributed by atoms with Gasteiger partial charge in [-0.15, -0.1) is 0 Å². The van der Waals surface area contributed by atoms with Crippen molar-refractivity contribution in [1.29, 1.82) is 0 Å². The van der Waals surface area contributed by atoms with E-state index in [2.05, 4.69) is 35.5 Å². The Hall–Kier alpha value is -1.02. The smallest absolute Gasteiger partial charge is 0.0442 e. The van der Waals surface area contributed by atoms with Crippen molar-refractivity contribution in [3.05, 3.63) is 29.3 Å². The van der Waals surface area contributed by atoms with Crippen LogP contribution in [0.3, 0.4) is 0 Å². The Kier molecular flexibility index (Phi) is 2.23. The molecule has 1 heterocycles. The maximum atomic E-state index is 3.21. The van der Waals surface area contributed by atoms with E-state index in [0.717, 1.165) is 13.1 Å². The molecule has 0 bridgehead atoms. The fraction of sp³-hybridized carbons (Fsp3) is 0.455. The summed E-state index contributed by atoms with van der Waals surface area (Å²) in [5.74, 6) is 0. The molecule has 1 aliphatic rings. The number of hydrogen-bond acceptors (Lipinski definition) is 2. The zero-order valence-electron chi connectivity index (χ0n) is 8.30. The highest BCUT2D eigenvalue weighted by Crippen LogP contribution is 2.30. The number of fused-ring (bicyclic) bond motifs is 1. The van der Waals surface area contributed by atoms with Crippen LogP contribution in [0.15, 0.2) is 18.2 Å². The topological polar surface area (TPSA) is 15.3 Å². The molecule has 2 rings (SSSR count). The molecule has 70 valence electrons. The molecule has 1 aliphatic heterocycles. The molecule has 2 heteroatoms. The minimum atomic E-state index is 0.966. The van der Waals surface area contributed by atoms with E-state index < -0.39 is 0 Å². The summed E-state index contributed by atoms with van der Waals surface area (Å²) in [7, 11) is 4.17. The summed E-state index contributed by atoms with van der Waals surface area (Å²) < 4.78 is 0. The SMILES string of the molecule is CNCc1cccc2c1N(C)CC2. The van der Waals surface area contributed by atoms with Crippen LogP contribution < -0.4 is 10.2 Å². The molecular formula is C11H16N2. The molecule has 0 spiro atoms. The van der Waals surface area contributed by atoms with E-state index in [1.807, 2.05) is 7.05 Å². The van der Waals surface area contributed by atoms with E-state index in [1.54, 1.807) is 0 Å². The van der Waals surface area contributed by atoms with Crippen LogP contribution in [0.4, 0.5) is 5.69 Å². The third-order valence-corrected chi connectivity index (χ3v) is 2.67. The lowest BCUT2D eigenvalue weighted by molar-refractivity contribution is 0.814. The van der Waals surface area contributed by atoms with Gasteiger partial charge in [-0.2, -0.15) is 0 Å². The minimum Gasteiger partial charge on any atom is -0.374 e. The monoisotopic (exact) mass is 176 g/mol. The normalized spacial score (nSPS) is 14.8. The Balaban J connectivity index is 2.41. The molecule has 0 unspecified atom stereocenters. The predicted octanol–water partition coefficient (Wildman–Crippen LogP) is 1.40. The molecule has 1 aromatic rings. The summed E-state index contributed by atoms with van der Waals surface area (Å²) >= 11 is 0. The van der Waals surface area contributed by atoms with Gasteiger partial charge in [-0.3, -0.25) is 0 Å². The first-order valence-corrected chi connectivity index (χ1v) is 4.79. The van der Waals surface area contributed by atoms with Crippen molar-refractivity contribution >= 4 is 5.69 Å². The number of rotatable bonds is 2. The van der Waals surface area contributed by atoms with Gasteiger partial charge >= 0.3 is 0 Å². The standard InChI is InChI=1S/C11H16N2/c1-12-8-10-5-3-4-9-6-7-13(2)11(9)10/h3-5,12H,6-8H2,1-2H3. The second kappa shape index (κ2) is 3.38. The van der Waals surface area contributed by atoms with E-state index >= 15 is 0 Å². The fourth-order valence-electron chi connectivity index (χ4n) is 2.07. The van der Waals surface area contributed by atoms with Crippen LogP contribution in [0.5, 0.6) is 0 Å². The van der Waals surface area contributed by atoms with Crippen molar-refractivity contribution in [1.82, 2.24) is 5.32 Å². The first kappa shape index (κ1) is 8.57. The number of anilines is 1. The Morgan fingerprint density at radius 3 is 3.08 bits per heavy atom. The van der Waals surface area contributed by atoms with Gasteiger partial charge in [-0.05, 0) is 24.6 Å². The molecule has 0 atom stereocenters. The lowest BCUT2D eigenvalue weighted by atomic mass is 10.1. The summed E-state index contributed by atoms with van der Waals surface area (Å²) in [6, 6.07) is 6.60. The Labute approximate surface area is 79.6 Å². The largest absolute Gasteiger partial charge is 0.374 e. The highest BCUT2D eigenvalue weighted by Gasteiger charge is 2.17. The van der Waals surface area contributed by atoms with Gasteiger partial charge in [0.25, 0.3) is 0 Å². The van der Waals surface area contributed by atoms with E-state index in [4.69, 9.17) is 0 Å². The van der Waals surface area contributed by atoms with Crippen molar-refractivity contribution in [2.75, 3.05) is 25.5 Å². The Bertz CT molecular complexity index is 307. The zero-order chi connectivity index (χ0) is 9.26. The average molecular weight is 176 g/mol. The molecule has 0 aliphatic carbocycles. The van der Waals surface area contributed by atoms with Gasteiger partial charge in [0.05, 0.1) is 0 Å². The number of para-hydroxylation sites is 1. The zero-order valence-corrected chi connectivity index (χ0v) is 8.30. The summed E-state index contributed by atoms with van der Waals surface area (Å²) in [5, 5.41) is 3.21. The molecule has 2 nitrogen and oxygen atoms in total. The lowest BCUT2D eigenvalue weighted by Gasteiger charge is -2.16. The minimum absolute atomic E-state index is 0.966. The quantitative estimate of drug-likeness (QED) is 0.732. The molecule has 1 aromatic carbocycles. The van der Waals surface area contributed by atoms with Gasteiger partial charge in [0.2, 0.25) is 0 Å². The van der Waals surface area contributed by atoms with Crippen LogP contribution in [0.25, 0.3) is 0 Å². The average Bonchev–Trinajstić information content (AvgIpc) is 2.50. The predicted molar refractivity (Wildman–Crippen MR) is 56.2 cm³/mol. The molecule has 13 heavy (non-hydrogen) atoms. The van der Waals surface area contributed by atoms with Gasteiger partial charge < -0.3 is 10.2 Å².